The van der Waals surface area contributed by atoms with E-state index >= 15 is 0 Å². The summed E-state index contributed by atoms with van der Waals surface area (Å²) < 4.78 is 4.86. The topological polar surface area (TPSA) is 46.8 Å². The number of rotatable bonds is 4. The van der Waals surface area contributed by atoms with E-state index in [-0.39, 0.29) is 5.92 Å². The maximum atomic E-state index is 5.50. The van der Waals surface area contributed by atoms with Crippen LogP contribution >= 0.6 is 11.3 Å². The highest BCUT2D eigenvalue weighted by Gasteiger charge is 2.53. The molecule has 1 aliphatic heterocycles. The lowest BCUT2D eigenvalue weighted by Gasteiger charge is -2.43. The Morgan fingerprint density at radius 3 is 1.88 bits per heavy atom. The van der Waals surface area contributed by atoms with Crippen LogP contribution in [0.3, 0.4) is 0 Å². The van der Waals surface area contributed by atoms with E-state index in [2.05, 4.69) is 211 Å². The maximum Gasteiger partial charge on any atom is 0.238 e. The molecule has 14 rings (SSSR count). The fourth-order valence-corrected chi connectivity index (χ4v) is 12.2. The summed E-state index contributed by atoms with van der Waals surface area (Å²) in [6, 6.07) is 68.0. The Bertz CT molecular complexity index is 3920. The number of hydrogen-bond donors (Lipinski definition) is 0. The van der Waals surface area contributed by atoms with Crippen LogP contribution in [0.1, 0.15) is 29.7 Å². The van der Waals surface area contributed by atoms with Gasteiger partial charge in [0.05, 0.1) is 16.7 Å². The molecule has 1 aliphatic carbocycles. The van der Waals surface area contributed by atoms with Crippen molar-refractivity contribution in [2.24, 2.45) is 0 Å². The standard InChI is InChI=1S/C58H37N5S/c1-58-49(46-23-10-13-25-51(46)63(58)37-28-29-42-40-19-6-5-17-38(40)39-18-7-8-20-41(39)47(42)34-37)31-30-45-43-21-9-12-24-50(43)62(54(45)58)57-60-55(35-15-3-2-4-16-35)59-56(61-57)36-27-32-53-48(33-36)44-22-11-14-26-52(44)64-53/h2-34,49H,1H3. The van der Waals surface area contributed by atoms with Gasteiger partial charge in [-0.15, -0.1) is 11.3 Å². The third-order valence-electron chi connectivity index (χ3n) is 13.9. The normalized spacial score (nSPS) is 16.6. The highest BCUT2D eigenvalue weighted by Crippen LogP contribution is 2.61. The van der Waals surface area contributed by atoms with Gasteiger partial charge in [-0.25, -0.2) is 4.98 Å². The van der Waals surface area contributed by atoms with Crippen molar-refractivity contribution in [3.05, 3.63) is 211 Å². The fourth-order valence-electron chi connectivity index (χ4n) is 11.1. The molecule has 12 aromatic rings. The molecule has 0 N–H and O–H groups in total. The van der Waals surface area contributed by atoms with Crippen LogP contribution < -0.4 is 4.90 Å². The first-order valence-corrected chi connectivity index (χ1v) is 22.7. The number of aromatic nitrogens is 4. The van der Waals surface area contributed by atoms with Gasteiger partial charge in [-0.1, -0.05) is 152 Å². The van der Waals surface area contributed by atoms with E-state index in [9.17, 15) is 0 Å². The van der Waals surface area contributed by atoms with Gasteiger partial charge in [-0.2, -0.15) is 9.97 Å². The number of fused-ring (bicyclic) bond motifs is 16. The van der Waals surface area contributed by atoms with E-state index in [1.165, 1.54) is 69.3 Å². The smallest absolute Gasteiger partial charge is 0.238 e. The predicted octanol–water partition coefficient (Wildman–Crippen LogP) is 15.2. The second-order valence-corrected chi connectivity index (χ2v) is 18.4. The van der Waals surface area contributed by atoms with Crippen molar-refractivity contribution in [1.82, 2.24) is 19.5 Å². The van der Waals surface area contributed by atoms with Gasteiger partial charge >= 0.3 is 0 Å². The van der Waals surface area contributed by atoms with Crippen molar-refractivity contribution in [3.63, 3.8) is 0 Å². The molecule has 4 heterocycles. The van der Waals surface area contributed by atoms with Crippen LogP contribution in [0.2, 0.25) is 0 Å². The van der Waals surface area contributed by atoms with E-state index in [1.807, 2.05) is 17.4 Å². The molecule has 2 unspecified atom stereocenters. The minimum atomic E-state index is -0.596. The summed E-state index contributed by atoms with van der Waals surface area (Å²) in [6.07, 6.45) is 4.77. The molecule has 2 aliphatic rings. The van der Waals surface area contributed by atoms with E-state index < -0.39 is 5.54 Å². The maximum absolute atomic E-state index is 5.50. The van der Waals surface area contributed by atoms with Crippen molar-refractivity contribution in [1.29, 1.82) is 0 Å². The van der Waals surface area contributed by atoms with Crippen molar-refractivity contribution < 1.29 is 0 Å². The Balaban J connectivity index is 1.05. The summed E-state index contributed by atoms with van der Waals surface area (Å²) in [5.74, 6) is 1.91. The Morgan fingerprint density at radius 2 is 1.09 bits per heavy atom. The van der Waals surface area contributed by atoms with E-state index in [0.29, 0.717) is 17.6 Å². The van der Waals surface area contributed by atoms with Gasteiger partial charge in [-0.3, -0.25) is 4.57 Å². The molecule has 6 heteroatoms. The number of benzene rings is 9. The Morgan fingerprint density at radius 1 is 0.484 bits per heavy atom. The molecule has 5 nitrogen and oxygen atoms in total. The van der Waals surface area contributed by atoms with Crippen LogP contribution in [-0.2, 0) is 5.54 Å². The van der Waals surface area contributed by atoms with Crippen LogP contribution in [-0.4, -0.2) is 19.5 Å². The molecule has 0 bridgehead atoms. The second-order valence-electron chi connectivity index (χ2n) is 17.3. The lowest BCUT2D eigenvalue weighted by Crippen LogP contribution is -2.43. The Hall–Kier alpha value is -7.93. The lowest BCUT2D eigenvalue weighted by atomic mass is 9.75. The molecule has 0 fully saturated rings. The highest BCUT2D eigenvalue weighted by molar-refractivity contribution is 7.25. The Labute approximate surface area is 372 Å². The van der Waals surface area contributed by atoms with E-state index in [1.54, 1.807) is 0 Å². The molecule has 0 saturated heterocycles. The van der Waals surface area contributed by atoms with Gasteiger partial charge in [0, 0.05) is 59.5 Å². The van der Waals surface area contributed by atoms with Crippen LogP contribution in [0.15, 0.2) is 194 Å². The first-order chi connectivity index (χ1) is 31.6. The first-order valence-electron chi connectivity index (χ1n) is 21.9. The largest absolute Gasteiger partial charge is 0.329 e. The Kier molecular flexibility index (Phi) is 7.40. The van der Waals surface area contributed by atoms with Gasteiger partial charge in [0.25, 0.3) is 0 Å². The quantitative estimate of drug-likeness (QED) is 0.166. The minimum Gasteiger partial charge on any atom is -0.329 e. The molecule has 0 spiro atoms. The number of thiophene rings is 1. The van der Waals surface area contributed by atoms with Crippen LogP contribution in [0, 0.1) is 0 Å². The average molecular weight is 836 g/mol. The molecule has 9 aromatic carbocycles. The molecule has 300 valence electrons. The predicted molar refractivity (Wildman–Crippen MR) is 267 cm³/mol. The molecule has 0 amide bonds. The van der Waals surface area contributed by atoms with Gasteiger partial charge in [0.15, 0.2) is 11.6 Å². The molecular weight excluding hydrogens is 799 g/mol. The van der Waals surface area contributed by atoms with E-state index in [0.717, 1.165) is 33.4 Å². The zero-order valence-corrected chi connectivity index (χ0v) is 35.6. The molecule has 0 saturated carbocycles. The van der Waals surface area contributed by atoms with E-state index in [4.69, 9.17) is 15.0 Å². The highest BCUT2D eigenvalue weighted by atomic mass is 32.1. The third-order valence-corrected chi connectivity index (χ3v) is 15.1. The number of anilines is 2. The number of hydrogen-bond acceptors (Lipinski definition) is 5. The third kappa shape index (κ3) is 4.91. The minimum absolute atomic E-state index is 0.0347. The summed E-state index contributed by atoms with van der Waals surface area (Å²) in [4.78, 5) is 18.8. The summed E-state index contributed by atoms with van der Waals surface area (Å²) in [7, 11) is 0. The fraction of sp³-hybridized carbons (Fsp3) is 0.0517. The number of para-hydroxylation sites is 2. The van der Waals surface area contributed by atoms with Crippen molar-refractivity contribution in [3.8, 4) is 28.7 Å². The average Bonchev–Trinajstić information content (AvgIpc) is 4.00. The van der Waals surface area contributed by atoms with Crippen LogP contribution in [0.5, 0.6) is 0 Å². The second kappa shape index (κ2) is 13.3. The SMILES string of the molecule is CC12c3c(c4ccccc4n3-c3nc(-c4ccccc4)nc(-c4ccc5sc6ccccc6c5c4)n3)C=CC1c1ccccc1N2c1ccc2c3ccccc3c3ccccc3c2c1. The summed E-state index contributed by atoms with van der Waals surface area (Å²) in [5.41, 5.74) is 8.32. The zero-order valence-electron chi connectivity index (χ0n) is 34.8. The van der Waals surface area contributed by atoms with Gasteiger partial charge in [0.1, 0.15) is 0 Å². The summed E-state index contributed by atoms with van der Waals surface area (Å²) >= 11 is 1.82. The van der Waals surface area contributed by atoms with Crippen molar-refractivity contribution in [2.75, 3.05) is 4.90 Å². The van der Waals surface area contributed by atoms with Crippen LogP contribution in [0.25, 0.3) is 98.2 Å². The molecular formula is C58H37N5S. The first kappa shape index (κ1) is 35.6. The van der Waals surface area contributed by atoms with Gasteiger partial charge < -0.3 is 4.90 Å². The monoisotopic (exact) mass is 835 g/mol. The number of nitrogens with zero attached hydrogens (tertiary/aromatic N) is 5. The zero-order chi connectivity index (χ0) is 42.1. The van der Waals surface area contributed by atoms with Gasteiger partial charge in [-0.05, 0) is 93.3 Å². The van der Waals surface area contributed by atoms with Crippen molar-refractivity contribution in [2.45, 2.75) is 18.4 Å². The lowest BCUT2D eigenvalue weighted by molar-refractivity contribution is 0.438. The van der Waals surface area contributed by atoms with Crippen molar-refractivity contribution >= 4 is 92.2 Å². The van der Waals surface area contributed by atoms with Gasteiger partial charge in [0.2, 0.25) is 5.95 Å². The summed E-state index contributed by atoms with van der Waals surface area (Å²) in [5, 5.41) is 11.2. The molecule has 0 radical (unpaired) electrons. The molecule has 64 heavy (non-hydrogen) atoms. The summed E-state index contributed by atoms with van der Waals surface area (Å²) in [6.45, 7) is 2.42. The molecule has 2 atom stereocenters. The van der Waals surface area contributed by atoms with Crippen LogP contribution in [0.4, 0.5) is 11.4 Å². The molecule has 3 aromatic heterocycles.